The van der Waals surface area contributed by atoms with Crippen LogP contribution in [0.15, 0.2) is 0 Å². The monoisotopic (exact) mass is 294 g/mol. The highest BCUT2D eigenvalue weighted by atomic mass is 16.1. The second-order valence-corrected chi connectivity index (χ2v) is 7.18. The Morgan fingerprint density at radius 3 is 1.86 bits per heavy atom. The molecule has 1 fully saturated rings. The van der Waals surface area contributed by atoms with E-state index in [-0.39, 0.29) is 0 Å². The Balaban J connectivity index is 1.81. The van der Waals surface area contributed by atoms with Crippen LogP contribution >= 0.6 is 0 Å². The van der Waals surface area contributed by atoms with Crippen molar-refractivity contribution in [3.63, 3.8) is 0 Å². The molecule has 1 rings (SSSR count). The van der Waals surface area contributed by atoms with Gasteiger partial charge in [-0.3, -0.25) is 4.79 Å². The first-order chi connectivity index (χ1) is 10.3. The highest BCUT2D eigenvalue weighted by Crippen LogP contribution is 2.27. The van der Waals surface area contributed by atoms with Crippen molar-refractivity contribution in [3.8, 4) is 0 Å². The van der Waals surface area contributed by atoms with Gasteiger partial charge in [-0.1, -0.05) is 96.8 Å². The summed E-state index contributed by atoms with van der Waals surface area (Å²) < 4.78 is 0. The SMILES string of the molecule is CCCCCCCCCCCCC(=O)CC1CCCCC1. The van der Waals surface area contributed by atoms with Gasteiger partial charge < -0.3 is 0 Å². The molecule has 0 amide bonds. The summed E-state index contributed by atoms with van der Waals surface area (Å²) in [5.41, 5.74) is 0. The van der Waals surface area contributed by atoms with Crippen LogP contribution in [0.4, 0.5) is 0 Å². The Hall–Kier alpha value is -0.330. The average Bonchev–Trinajstić information content (AvgIpc) is 2.50. The Labute approximate surface area is 133 Å². The largest absolute Gasteiger partial charge is 0.300 e. The van der Waals surface area contributed by atoms with Crippen molar-refractivity contribution >= 4 is 5.78 Å². The van der Waals surface area contributed by atoms with Gasteiger partial charge in [-0.2, -0.15) is 0 Å². The van der Waals surface area contributed by atoms with E-state index in [0.29, 0.717) is 5.78 Å². The van der Waals surface area contributed by atoms with E-state index in [1.807, 2.05) is 0 Å². The van der Waals surface area contributed by atoms with E-state index < -0.39 is 0 Å². The van der Waals surface area contributed by atoms with E-state index in [9.17, 15) is 4.79 Å². The van der Waals surface area contributed by atoms with Crippen molar-refractivity contribution in [3.05, 3.63) is 0 Å². The quantitative estimate of drug-likeness (QED) is 0.340. The van der Waals surface area contributed by atoms with E-state index in [1.54, 1.807) is 0 Å². The van der Waals surface area contributed by atoms with Crippen LogP contribution < -0.4 is 0 Å². The predicted molar refractivity (Wildman–Crippen MR) is 92.7 cm³/mol. The third-order valence-electron chi connectivity index (χ3n) is 5.05. The van der Waals surface area contributed by atoms with Crippen molar-refractivity contribution < 1.29 is 4.79 Å². The topological polar surface area (TPSA) is 17.1 Å². The zero-order valence-electron chi connectivity index (χ0n) is 14.5. The second-order valence-electron chi connectivity index (χ2n) is 7.18. The lowest BCUT2D eigenvalue weighted by atomic mass is 9.85. The first-order valence-electron chi connectivity index (χ1n) is 9.84. The number of carbonyl (C=O) groups excluding carboxylic acids is 1. The number of unbranched alkanes of at least 4 members (excludes halogenated alkanes) is 9. The lowest BCUT2D eigenvalue weighted by Gasteiger charge is -2.20. The van der Waals surface area contributed by atoms with Gasteiger partial charge in [-0.15, -0.1) is 0 Å². The molecule has 0 N–H and O–H groups in total. The molecular formula is C20H38O. The van der Waals surface area contributed by atoms with Crippen LogP contribution in [0, 0.1) is 5.92 Å². The van der Waals surface area contributed by atoms with E-state index in [2.05, 4.69) is 6.92 Å². The molecule has 0 aromatic rings. The van der Waals surface area contributed by atoms with Crippen LogP contribution in [0.25, 0.3) is 0 Å². The summed E-state index contributed by atoms with van der Waals surface area (Å²) in [6.45, 7) is 2.27. The van der Waals surface area contributed by atoms with Gasteiger partial charge in [0.1, 0.15) is 5.78 Å². The van der Waals surface area contributed by atoms with Crippen LogP contribution in [-0.4, -0.2) is 5.78 Å². The normalized spacial score (nSPS) is 16.2. The Morgan fingerprint density at radius 1 is 0.762 bits per heavy atom. The van der Waals surface area contributed by atoms with Gasteiger partial charge in [-0.05, 0) is 12.3 Å². The van der Waals surface area contributed by atoms with Crippen LogP contribution in [0.1, 0.15) is 116 Å². The molecule has 0 spiro atoms. The van der Waals surface area contributed by atoms with E-state index in [1.165, 1.54) is 89.9 Å². The van der Waals surface area contributed by atoms with Gasteiger partial charge in [0, 0.05) is 12.8 Å². The van der Waals surface area contributed by atoms with Crippen LogP contribution in [0.3, 0.4) is 0 Å². The fourth-order valence-electron chi connectivity index (χ4n) is 3.62. The number of rotatable bonds is 13. The minimum Gasteiger partial charge on any atom is -0.300 e. The fraction of sp³-hybridized carbons (Fsp3) is 0.950. The van der Waals surface area contributed by atoms with Gasteiger partial charge in [0.15, 0.2) is 0 Å². The van der Waals surface area contributed by atoms with Crippen molar-refractivity contribution in [2.24, 2.45) is 5.92 Å². The van der Waals surface area contributed by atoms with Crippen molar-refractivity contribution in [2.45, 2.75) is 116 Å². The van der Waals surface area contributed by atoms with E-state index in [4.69, 9.17) is 0 Å². The van der Waals surface area contributed by atoms with Gasteiger partial charge in [0.05, 0.1) is 0 Å². The number of hydrogen-bond acceptors (Lipinski definition) is 1. The molecule has 0 saturated heterocycles. The summed E-state index contributed by atoms with van der Waals surface area (Å²) in [4.78, 5) is 11.9. The first kappa shape index (κ1) is 18.7. The molecule has 0 aromatic carbocycles. The zero-order chi connectivity index (χ0) is 15.2. The van der Waals surface area contributed by atoms with Gasteiger partial charge in [0.2, 0.25) is 0 Å². The van der Waals surface area contributed by atoms with Crippen LogP contribution in [-0.2, 0) is 4.79 Å². The molecule has 0 heterocycles. The summed E-state index contributed by atoms with van der Waals surface area (Å²) in [5.74, 6) is 1.27. The zero-order valence-corrected chi connectivity index (χ0v) is 14.5. The molecule has 0 unspecified atom stereocenters. The second kappa shape index (κ2) is 13.3. The molecule has 0 bridgehead atoms. The number of ketones is 1. The average molecular weight is 295 g/mol. The maximum absolute atomic E-state index is 11.9. The summed E-state index contributed by atoms with van der Waals surface area (Å²) in [6, 6.07) is 0. The molecule has 0 aliphatic heterocycles. The van der Waals surface area contributed by atoms with Gasteiger partial charge in [0.25, 0.3) is 0 Å². The van der Waals surface area contributed by atoms with Crippen molar-refractivity contribution in [1.82, 2.24) is 0 Å². The maximum Gasteiger partial charge on any atom is 0.133 e. The summed E-state index contributed by atoms with van der Waals surface area (Å²) in [7, 11) is 0. The number of Topliss-reactive ketones (excluding diaryl/α,β-unsaturated/α-hetero) is 1. The molecule has 1 saturated carbocycles. The summed E-state index contributed by atoms with van der Waals surface area (Å²) in [6.07, 6.45) is 22.0. The molecule has 124 valence electrons. The molecule has 1 nitrogen and oxygen atoms in total. The van der Waals surface area contributed by atoms with Crippen LogP contribution in [0.5, 0.6) is 0 Å². The lowest BCUT2D eigenvalue weighted by molar-refractivity contribution is -0.120. The Bertz CT molecular complexity index is 240. The molecule has 0 radical (unpaired) electrons. The standard InChI is InChI=1S/C20H38O/c1-2-3-4-5-6-7-8-9-10-14-17-20(21)18-19-15-12-11-13-16-19/h19H,2-18H2,1H3. The predicted octanol–water partition coefficient (Wildman–Crippen LogP) is 6.84. The molecule has 21 heavy (non-hydrogen) atoms. The maximum atomic E-state index is 11.9. The molecule has 1 aliphatic carbocycles. The Morgan fingerprint density at radius 2 is 1.29 bits per heavy atom. The highest BCUT2D eigenvalue weighted by Gasteiger charge is 2.16. The van der Waals surface area contributed by atoms with E-state index >= 15 is 0 Å². The molecule has 0 aromatic heterocycles. The van der Waals surface area contributed by atoms with Crippen LogP contribution in [0.2, 0.25) is 0 Å². The van der Waals surface area contributed by atoms with Gasteiger partial charge >= 0.3 is 0 Å². The smallest absolute Gasteiger partial charge is 0.133 e. The minimum absolute atomic E-state index is 0.543. The molecular weight excluding hydrogens is 256 g/mol. The van der Waals surface area contributed by atoms with E-state index in [0.717, 1.165) is 25.2 Å². The third-order valence-corrected chi connectivity index (χ3v) is 5.05. The molecule has 0 atom stereocenters. The first-order valence-corrected chi connectivity index (χ1v) is 9.84. The summed E-state index contributed by atoms with van der Waals surface area (Å²) in [5, 5.41) is 0. The Kier molecular flexibility index (Phi) is 11.9. The number of hydrogen-bond donors (Lipinski definition) is 0. The fourth-order valence-corrected chi connectivity index (χ4v) is 3.62. The van der Waals surface area contributed by atoms with Crippen molar-refractivity contribution in [1.29, 1.82) is 0 Å². The molecule has 1 aliphatic rings. The minimum atomic E-state index is 0.543. The van der Waals surface area contributed by atoms with Crippen molar-refractivity contribution in [2.75, 3.05) is 0 Å². The summed E-state index contributed by atoms with van der Waals surface area (Å²) >= 11 is 0. The lowest BCUT2D eigenvalue weighted by Crippen LogP contribution is -2.11. The third kappa shape index (κ3) is 11.0. The number of carbonyl (C=O) groups is 1. The molecule has 1 heteroatoms. The highest BCUT2D eigenvalue weighted by molar-refractivity contribution is 5.78. The van der Waals surface area contributed by atoms with Gasteiger partial charge in [-0.25, -0.2) is 0 Å².